The molecule has 6 heteroatoms. The van der Waals surface area contributed by atoms with E-state index in [1.807, 2.05) is 25.3 Å². The van der Waals surface area contributed by atoms with E-state index in [0.717, 1.165) is 35.9 Å². The quantitative estimate of drug-likeness (QED) is 0.622. The van der Waals surface area contributed by atoms with Crippen molar-refractivity contribution in [3.8, 4) is 0 Å². The van der Waals surface area contributed by atoms with E-state index in [9.17, 15) is 4.39 Å². The number of nitrogens with one attached hydrogen (secondary N) is 2. The van der Waals surface area contributed by atoms with Crippen molar-refractivity contribution < 1.29 is 4.39 Å². The summed E-state index contributed by atoms with van der Waals surface area (Å²) in [5.74, 6) is 0.875. The molecule has 2 atom stereocenters. The molecule has 0 aliphatic heterocycles. The fourth-order valence-electron chi connectivity index (χ4n) is 2.70. The van der Waals surface area contributed by atoms with Crippen LogP contribution in [0.25, 0.3) is 0 Å². The second-order valence-corrected chi connectivity index (χ2v) is 7.08. The first-order chi connectivity index (χ1) is 11.7. The highest BCUT2D eigenvalue weighted by molar-refractivity contribution is 7.11. The molecular weight excluding hydrogens is 323 g/mol. The summed E-state index contributed by atoms with van der Waals surface area (Å²) < 4.78 is 13.9. The number of hydrogen-bond donors (Lipinski definition) is 2. The average molecular weight is 346 g/mol. The minimum absolute atomic E-state index is 0.122. The van der Waals surface area contributed by atoms with Crippen LogP contribution in [0.2, 0.25) is 0 Å². The first kappa shape index (κ1) is 16.9. The third-order valence-electron chi connectivity index (χ3n) is 4.08. The number of hydrogen-bond acceptors (Lipinski definition) is 3. The Morgan fingerprint density at radius 2 is 2.21 bits per heavy atom. The van der Waals surface area contributed by atoms with Gasteiger partial charge < -0.3 is 10.6 Å². The largest absolute Gasteiger partial charge is 0.357 e. The summed E-state index contributed by atoms with van der Waals surface area (Å²) >= 11 is 1.70. The van der Waals surface area contributed by atoms with Gasteiger partial charge in [0.1, 0.15) is 10.8 Å². The van der Waals surface area contributed by atoms with Crippen molar-refractivity contribution in [3.63, 3.8) is 0 Å². The Morgan fingerprint density at radius 3 is 2.92 bits per heavy atom. The third-order valence-corrected chi connectivity index (χ3v) is 5.21. The lowest BCUT2D eigenvalue weighted by atomic mass is 10.1. The molecule has 1 heterocycles. The summed E-state index contributed by atoms with van der Waals surface area (Å²) in [6.07, 6.45) is 3.86. The van der Waals surface area contributed by atoms with Crippen LogP contribution in [0.4, 0.5) is 4.39 Å². The summed E-state index contributed by atoms with van der Waals surface area (Å²) in [6, 6.07) is 7.25. The number of aliphatic imine (C=N–C) groups is 1. The Labute approximate surface area is 146 Å². The summed E-state index contributed by atoms with van der Waals surface area (Å²) in [5, 5.41) is 7.68. The maximum Gasteiger partial charge on any atom is 0.191 e. The number of aryl methyl sites for hydroxylation is 1. The number of guanidine groups is 1. The van der Waals surface area contributed by atoms with Gasteiger partial charge in [0.05, 0.1) is 6.54 Å². The van der Waals surface area contributed by atoms with Crippen LogP contribution in [0.15, 0.2) is 35.5 Å². The molecule has 0 spiro atoms. The lowest BCUT2D eigenvalue weighted by Gasteiger charge is -2.11. The van der Waals surface area contributed by atoms with Crippen LogP contribution in [-0.4, -0.2) is 23.5 Å². The van der Waals surface area contributed by atoms with Gasteiger partial charge in [-0.1, -0.05) is 25.1 Å². The molecule has 2 N–H and O–H groups in total. The molecule has 0 bridgehead atoms. The first-order valence-corrected chi connectivity index (χ1v) is 9.25. The molecule has 1 aliphatic rings. The maximum atomic E-state index is 13.9. The zero-order chi connectivity index (χ0) is 16.9. The molecule has 0 saturated heterocycles. The van der Waals surface area contributed by atoms with Crippen molar-refractivity contribution in [3.05, 3.63) is 51.7 Å². The maximum absolute atomic E-state index is 13.9. The van der Waals surface area contributed by atoms with Gasteiger partial charge in [0.2, 0.25) is 0 Å². The Bertz CT molecular complexity index is 713. The van der Waals surface area contributed by atoms with Crippen molar-refractivity contribution in [2.75, 3.05) is 6.54 Å². The van der Waals surface area contributed by atoms with Gasteiger partial charge in [0, 0.05) is 29.6 Å². The molecule has 1 aromatic heterocycles. The summed E-state index contributed by atoms with van der Waals surface area (Å²) in [6.45, 7) is 5.53. The van der Waals surface area contributed by atoms with E-state index >= 15 is 0 Å². The zero-order valence-corrected chi connectivity index (χ0v) is 14.9. The van der Waals surface area contributed by atoms with E-state index in [2.05, 4.69) is 27.5 Å². The second kappa shape index (κ2) is 7.75. The van der Waals surface area contributed by atoms with Gasteiger partial charge in [-0.2, -0.15) is 0 Å². The highest BCUT2D eigenvalue weighted by atomic mass is 32.1. The topological polar surface area (TPSA) is 49.3 Å². The van der Waals surface area contributed by atoms with Crippen molar-refractivity contribution in [1.29, 1.82) is 0 Å². The molecule has 4 nitrogen and oxygen atoms in total. The van der Waals surface area contributed by atoms with Crippen LogP contribution < -0.4 is 10.6 Å². The third kappa shape index (κ3) is 4.12. The molecule has 1 saturated carbocycles. The van der Waals surface area contributed by atoms with E-state index in [-0.39, 0.29) is 17.8 Å². The highest BCUT2D eigenvalue weighted by Crippen LogP contribution is 2.41. The highest BCUT2D eigenvalue weighted by Gasteiger charge is 2.40. The number of benzene rings is 1. The summed E-state index contributed by atoms with van der Waals surface area (Å²) in [7, 11) is 0. The normalized spacial score (nSPS) is 20.0. The van der Waals surface area contributed by atoms with Crippen molar-refractivity contribution >= 4 is 17.3 Å². The fraction of sp³-hybridized carbons (Fsp3) is 0.444. The standard InChI is InChI=1S/C18H23FN4S/c1-3-12-10-21-17(24-12)11-22-18(20-4-2)23-16-9-14(16)13-7-5-6-8-15(13)19/h5-8,10,14,16H,3-4,9,11H2,1-2H3,(H2,20,22,23). The average Bonchev–Trinajstić information content (AvgIpc) is 3.18. The van der Waals surface area contributed by atoms with Crippen LogP contribution in [0.3, 0.4) is 0 Å². The predicted molar refractivity (Wildman–Crippen MR) is 97.0 cm³/mol. The van der Waals surface area contributed by atoms with Crippen molar-refractivity contribution in [1.82, 2.24) is 15.6 Å². The molecule has 1 fully saturated rings. The van der Waals surface area contributed by atoms with Crippen LogP contribution >= 0.6 is 11.3 Å². The molecule has 1 aromatic carbocycles. The Balaban J connectivity index is 1.60. The van der Waals surface area contributed by atoms with Crippen LogP contribution in [-0.2, 0) is 13.0 Å². The van der Waals surface area contributed by atoms with Gasteiger partial charge in [0.25, 0.3) is 0 Å². The minimum atomic E-state index is -0.122. The van der Waals surface area contributed by atoms with E-state index in [1.165, 1.54) is 10.9 Å². The van der Waals surface area contributed by atoms with E-state index in [1.54, 1.807) is 17.4 Å². The Hall–Kier alpha value is -1.95. The molecule has 1 aliphatic carbocycles. The monoisotopic (exact) mass is 346 g/mol. The van der Waals surface area contributed by atoms with Crippen molar-refractivity contribution in [2.45, 2.75) is 45.2 Å². The van der Waals surface area contributed by atoms with Crippen molar-refractivity contribution in [2.24, 2.45) is 4.99 Å². The van der Waals surface area contributed by atoms with Gasteiger partial charge in [-0.15, -0.1) is 11.3 Å². The van der Waals surface area contributed by atoms with Gasteiger partial charge in [-0.3, -0.25) is 0 Å². The lowest BCUT2D eigenvalue weighted by Crippen LogP contribution is -2.39. The molecule has 0 amide bonds. The van der Waals surface area contributed by atoms with E-state index < -0.39 is 0 Å². The predicted octanol–water partition coefficient (Wildman–Crippen LogP) is 3.46. The lowest BCUT2D eigenvalue weighted by molar-refractivity contribution is 0.607. The Kier molecular flexibility index (Phi) is 5.45. The summed E-state index contributed by atoms with van der Waals surface area (Å²) in [4.78, 5) is 10.3. The fourth-order valence-corrected chi connectivity index (χ4v) is 3.49. The van der Waals surface area contributed by atoms with Crippen LogP contribution in [0.5, 0.6) is 0 Å². The number of rotatable bonds is 6. The molecule has 2 aromatic rings. The number of nitrogens with zero attached hydrogens (tertiary/aromatic N) is 2. The van der Waals surface area contributed by atoms with E-state index in [0.29, 0.717) is 6.54 Å². The molecule has 3 rings (SSSR count). The molecule has 2 unspecified atom stereocenters. The molecular formula is C18H23FN4S. The van der Waals surface area contributed by atoms with Gasteiger partial charge >= 0.3 is 0 Å². The second-order valence-electron chi connectivity index (χ2n) is 5.88. The van der Waals surface area contributed by atoms with Gasteiger partial charge in [0.15, 0.2) is 5.96 Å². The Morgan fingerprint density at radius 1 is 1.38 bits per heavy atom. The van der Waals surface area contributed by atoms with Crippen LogP contribution in [0, 0.1) is 5.82 Å². The number of aromatic nitrogens is 1. The molecule has 128 valence electrons. The summed E-state index contributed by atoms with van der Waals surface area (Å²) in [5.41, 5.74) is 0.790. The first-order valence-electron chi connectivity index (χ1n) is 8.44. The smallest absolute Gasteiger partial charge is 0.191 e. The molecule has 24 heavy (non-hydrogen) atoms. The van der Waals surface area contributed by atoms with Gasteiger partial charge in [-0.05, 0) is 31.4 Å². The van der Waals surface area contributed by atoms with E-state index in [4.69, 9.17) is 0 Å². The SMILES string of the molecule is CCNC(=NCc1ncc(CC)s1)NC1CC1c1ccccc1F. The van der Waals surface area contributed by atoms with Crippen LogP contribution in [0.1, 0.15) is 41.6 Å². The number of halogens is 1. The molecule has 0 radical (unpaired) electrons. The minimum Gasteiger partial charge on any atom is -0.357 e. The number of thiazole rings is 1. The zero-order valence-electron chi connectivity index (χ0n) is 14.1. The van der Waals surface area contributed by atoms with Gasteiger partial charge in [-0.25, -0.2) is 14.4 Å².